The topological polar surface area (TPSA) is 50.5 Å². The first kappa shape index (κ1) is 16.0. The summed E-state index contributed by atoms with van der Waals surface area (Å²) in [4.78, 5) is 18.7. The van der Waals surface area contributed by atoms with Crippen molar-refractivity contribution < 1.29 is 9.18 Å². The molecule has 1 aliphatic heterocycles. The maximum absolute atomic E-state index is 13.0. The normalized spacial score (nSPS) is 14.6. The number of rotatable bonds is 2. The fourth-order valence-electron chi connectivity index (χ4n) is 2.90. The summed E-state index contributed by atoms with van der Waals surface area (Å²) in [6.45, 7) is 1.11. The molecule has 0 radical (unpaired) electrons. The highest BCUT2D eigenvalue weighted by molar-refractivity contribution is 9.10. The van der Waals surface area contributed by atoms with Gasteiger partial charge in [-0.3, -0.25) is 4.79 Å². The van der Waals surface area contributed by atoms with E-state index in [4.69, 9.17) is 0 Å². The van der Waals surface area contributed by atoms with E-state index in [1.165, 1.54) is 12.1 Å². The van der Waals surface area contributed by atoms with Crippen LogP contribution in [0, 0.1) is 5.82 Å². The van der Waals surface area contributed by atoms with Crippen LogP contribution in [0.5, 0.6) is 0 Å². The maximum Gasteiger partial charge on any atom is 0.274 e. The molecule has 0 bridgehead atoms. The van der Waals surface area contributed by atoms with Crippen molar-refractivity contribution in [1.29, 1.82) is 0 Å². The highest BCUT2D eigenvalue weighted by atomic mass is 79.9. The lowest BCUT2D eigenvalue weighted by molar-refractivity contribution is 0.0766. The first-order valence-corrected chi connectivity index (χ1v) is 8.64. The molecule has 4 rings (SSSR count). The van der Waals surface area contributed by atoms with Gasteiger partial charge in [-0.05, 0) is 45.6 Å². The predicted molar refractivity (Wildman–Crippen MR) is 95.6 cm³/mol. The van der Waals surface area contributed by atoms with Gasteiger partial charge in [0.1, 0.15) is 5.82 Å². The molecule has 0 aliphatic carbocycles. The third-order valence-electron chi connectivity index (χ3n) is 4.21. The fraction of sp³-hybridized carbons (Fsp3) is 0.167. The summed E-state index contributed by atoms with van der Waals surface area (Å²) in [5, 5.41) is 4.31. The Morgan fingerprint density at radius 1 is 1.24 bits per heavy atom. The lowest BCUT2D eigenvalue weighted by Crippen LogP contribution is -2.34. The van der Waals surface area contributed by atoms with Crippen LogP contribution < -0.4 is 0 Å². The molecule has 0 saturated carbocycles. The molecular weight excluding hydrogens is 387 g/mol. The molecule has 1 aliphatic rings. The van der Waals surface area contributed by atoms with Crippen LogP contribution in [-0.2, 0) is 0 Å². The number of hydrogen-bond acceptors (Lipinski definition) is 3. The molecule has 0 N–H and O–H groups in total. The van der Waals surface area contributed by atoms with Gasteiger partial charge in [0.2, 0.25) is 0 Å². The summed E-state index contributed by atoms with van der Waals surface area (Å²) in [5.41, 5.74) is 3.13. The molecule has 3 heterocycles. The monoisotopic (exact) mass is 400 g/mol. The third-order valence-corrected chi connectivity index (χ3v) is 4.62. The van der Waals surface area contributed by atoms with Gasteiger partial charge < -0.3 is 4.90 Å². The minimum absolute atomic E-state index is 0.115. The molecular formula is C18H14BrFN4O. The number of carbonyl (C=O) groups excluding carboxylic acids is 1. The van der Waals surface area contributed by atoms with Gasteiger partial charge in [-0.2, -0.15) is 5.10 Å². The van der Waals surface area contributed by atoms with E-state index in [0.29, 0.717) is 24.4 Å². The van der Waals surface area contributed by atoms with Crippen LogP contribution in [0.3, 0.4) is 0 Å². The van der Waals surface area contributed by atoms with Gasteiger partial charge in [0.15, 0.2) is 11.3 Å². The van der Waals surface area contributed by atoms with Crippen LogP contribution >= 0.6 is 15.9 Å². The van der Waals surface area contributed by atoms with Crippen LogP contribution in [0.25, 0.3) is 11.2 Å². The van der Waals surface area contributed by atoms with E-state index in [1.54, 1.807) is 40.0 Å². The van der Waals surface area contributed by atoms with Crippen molar-refractivity contribution in [3.63, 3.8) is 0 Å². The molecule has 1 amide bonds. The highest BCUT2D eigenvalue weighted by Crippen LogP contribution is 2.23. The second-order valence-electron chi connectivity index (χ2n) is 5.84. The van der Waals surface area contributed by atoms with E-state index < -0.39 is 0 Å². The van der Waals surface area contributed by atoms with Crippen LogP contribution in [0.15, 0.2) is 53.3 Å². The zero-order chi connectivity index (χ0) is 17.4. The van der Waals surface area contributed by atoms with Crippen molar-refractivity contribution in [2.45, 2.75) is 6.42 Å². The SMILES string of the molecule is O=C(c1cc2ncc(Br)cn2n1)N1CC=C(c2ccc(F)cc2)CC1. The first-order chi connectivity index (χ1) is 12.1. The summed E-state index contributed by atoms with van der Waals surface area (Å²) < 4.78 is 15.4. The second kappa shape index (κ2) is 6.40. The zero-order valence-corrected chi connectivity index (χ0v) is 14.8. The third kappa shape index (κ3) is 3.19. The number of amides is 1. The van der Waals surface area contributed by atoms with Crippen LogP contribution in [-0.4, -0.2) is 38.5 Å². The average Bonchev–Trinajstić information content (AvgIpc) is 3.05. The van der Waals surface area contributed by atoms with Gasteiger partial charge in [-0.25, -0.2) is 13.9 Å². The van der Waals surface area contributed by atoms with E-state index in [0.717, 1.165) is 22.0 Å². The van der Waals surface area contributed by atoms with Gasteiger partial charge in [0, 0.05) is 31.5 Å². The predicted octanol–water partition coefficient (Wildman–Crippen LogP) is 3.56. The molecule has 0 spiro atoms. The summed E-state index contributed by atoms with van der Waals surface area (Å²) in [6, 6.07) is 8.13. The number of hydrogen-bond donors (Lipinski definition) is 0. The lowest BCUT2D eigenvalue weighted by atomic mass is 9.99. The van der Waals surface area contributed by atoms with E-state index in [9.17, 15) is 9.18 Å². The van der Waals surface area contributed by atoms with Crippen molar-refractivity contribution >= 4 is 33.1 Å². The Morgan fingerprint density at radius 3 is 2.76 bits per heavy atom. The van der Waals surface area contributed by atoms with Crippen LogP contribution in [0.2, 0.25) is 0 Å². The molecule has 1 aromatic carbocycles. The van der Waals surface area contributed by atoms with Gasteiger partial charge in [-0.15, -0.1) is 0 Å². The van der Waals surface area contributed by atoms with Gasteiger partial charge >= 0.3 is 0 Å². The molecule has 0 unspecified atom stereocenters. The van der Waals surface area contributed by atoms with Crippen molar-refractivity contribution in [3.05, 3.63) is 70.3 Å². The van der Waals surface area contributed by atoms with Crippen LogP contribution in [0.1, 0.15) is 22.5 Å². The van der Waals surface area contributed by atoms with E-state index >= 15 is 0 Å². The molecule has 126 valence electrons. The Kier molecular flexibility index (Phi) is 4.09. The van der Waals surface area contributed by atoms with E-state index in [-0.39, 0.29) is 11.7 Å². The lowest BCUT2D eigenvalue weighted by Gasteiger charge is -2.26. The first-order valence-electron chi connectivity index (χ1n) is 7.85. The van der Waals surface area contributed by atoms with Gasteiger partial charge in [0.25, 0.3) is 5.91 Å². The van der Waals surface area contributed by atoms with Gasteiger partial charge in [0.05, 0.1) is 4.47 Å². The molecule has 7 heteroatoms. The van der Waals surface area contributed by atoms with Crippen LogP contribution in [0.4, 0.5) is 4.39 Å². The number of nitrogens with zero attached hydrogens (tertiary/aromatic N) is 4. The maximum atomic E-state index is 13.0. The van der Waals surface area contributed by atoms with E-state index in [1.807, 2.05) is 6.08 Å². The van der Waals surface area contributed by atoms with Crippen molar-refractivity contribution in [2.24, 2.45) is 0 Å². The summed E-state index contributed by atoms with van der Waals surface area (Å²) in [5.74, 6) is -0.361. The Balaban J connectivity index is 1.52. The second-order valence-corrected chi connectivity index (χ2v) is 6.76. The number of aromatic nitrogens is 3. The molecule has 0 atom stereocenters. The highest BCUT2D eigenvalue weighted by Gasteiger charge is 2.22. The van der Waals surface area contributed by atoms with E-state index in [2.05, 4.69) is 26.0 Å². The minimum atomic E-state index is -0.246. The number of benzene rings is 1. The largest absolute Gasteiger partial charge is 0.333 e. The molecule has 2 aromatic heterocycles. The average molecular weight is 401 g/mol. The fourth-order valence-corrected chi connectivity index (χ4v) is 3.20. The molecule has 0 saturated heterocycles. The number of halogens is 2. The quantitative estimate of drug-likeness (QED) is 0.660. The Bertz CT molecular complexity index is 980. The smallest absolute Gasteiger partial charge is 0.274 e. The number of carbonyl (C=O) groups is 1. The standard InChI is InChI=1S/C18H14BrFN4O/c19-14-10-21-17-9-16(22-24(17)11-14)18(25)23-7-5-13(6-8-23)12-1-3-15(20)4-2-12/h1-5,9-11H,6-8H2. The Labute approximate surface area is 151 Å². The minimum Gasteiger partial charge on any atom is -0.333 e. The van der Waals surface area contributed by atoms with Crippen molar-refractivity contribution in [2.75, 3.05) is 13.1 Å². The molecule has 25 heavy (non-hydrogen) atoms. The summed E-state index contributed by atoms with van der Waals surface area (Å²) >= 11 is 3.34. The molecule has 0 fully saturated rings. The van der Waals surface area contributed by atoms with Crippen molar-refractivity contribution in [3.8, 4) is 0 Å². The summed E-state index contributed by atoms with van der Waals surface area (Å²) in [7, 11) is 0. The summed E-state index contributed by atoms with van der Waals surface area (Å²) in [6.07, 6.45) is 6.18. The Morgan fingerprint density at radius 2 is 2.04 bits per heavy atom. The number of fused-ring (bicyclic) bond motifs is 1. The van der Waals surface area contributed by atoms with Crippen molar-refractivity contribution in [1.82, 2.24) is 19.5 Å². The zero-order valence-electron chi connectivity index (χ0n) is 13.2. The molecule has 5 nitrogen and oxygen atoms in total. The Hall–Kier alpha value is -2.54. The van der Waals surface area contributed by atoms with Gasteiger partial charge in [-0.1, -0.05) is 18.2 Å². The molecule has 3 aromatic rings.